The molecule has 1 saturated heterocycles. The summed E-state index contributed by atoms with van der Waals surface area (Å²) in [5.41, 5.74) is 0.728. The van der Waals surface area contributed by atoms with Crippen molar-refractivity contribution in [3.63, 3.8) is 0 Å². The highest BCUT2D eigenvalue weighted by atomic mass is 32.2. The number of hydrogen-bond acceptors (Lipinski definition) is 9. The van der Waals surface area contributed by atoms with E-state index in [4.69, 9.17) is 9.47 Å². The van der Waals surface area contributed by atoms with Crippen LogP contribution in [0, 0.1) is 0 Å². The normalized spacial score (nSPS) is 17.1. The van der Waals surface area contributed by atoms with Gasteiger partial charge in [-0.2, -0.15) is 4.99 Å². The Bertz CT molecular complexity index is 1080. The Kier molecular flexibility index (Phi) is 8.45. The van der Waals surface area contributed by atoms with Gasteiger partial charge in [-0.25, -0.2) is 4.79 Å². The molecule has 33 heavy (non-hydrogen) atoms. The molecule has 1 aliphatic rings. The quantitative estimate of drug-likeness (QED) is 0.489. The van der Waals surface area contributed by atoms with Gasteiger partial charge in [0, 0.05) is 6.54 Å². The largest absolute Gasteiger partial charge is 0.490 e. The molecule has 11 heteroatoms. The van der Waals surface area contributed by atoms with Crippen molar-refractivity contribution in [3.05, 3.63) is 33.7 Å². The highest BCUT2D eigenvalue weighted by molar-refractivity contribution is 8.18. The number of carbonyl (C=O) groups is 2. The lowest BCUT2D eigenvalue weighted by atomic mass is 10.1. The molecule has 1 atom stereocenters. The van der Waals surface area contributed by atoms with E-state index in [1.807, 2.05) is 20.8 Å². The molecule has 1 N–H and O–H groups in total. The van der Waals surface area contributed by atoms with E-state index in [0.29, 0.717) is 46.3 Å². The van der Waals surface area contributed by atoms with E-state index in [9.17, 15) is 14.7 Å². The predicted octanol–water partition coefficient (Wildman–Crippen LogP) is 4.37. The first-order chi connectivity index (χ1) is 15.9. The average Bonchev–Trinajstić information content (AvgIpc) is 3.37. The third kappa shape index (κ3) is 5.91. The van der Waals surface area contributed by atoms with Crippen LogP contribution in [0.5, 0.6) is 11.5 Å². The van der Waals surface area contributed by atoms with Crippen molar-refractivity contribution in [1.82, 2.24) is 15.1 Å². The van der Waals surface area contributed by atoms with Gasteiger partial charge < -0.3 is 14.6 Å². The van der Waals surface area contributed by atoms with E-state index >= 15 is 0 Å². The number of nitrogens with zero attached hydrogens (tertiary/aromatic N) is 4. The van der Waals surface area contributed by atoms with Crippen LogP contribution in [0.4, 0.5) is 5.13 Å². The van der Waals surface area contributed by atoms with Gasteiger partial charge in [0.15, 0.2) is 22.8 Å². The minimum absolute atomic E-state index is 0.142. The highest BCUT2D eigenvalue weighted by Gasteiger charge is 2.32. The van der Waals surface area contributed by atoms with Gasteiger partial charge in [0.2, 0.25) is 5.13 Å². The number of hydrogen-bond donors (Lipinski definition) is 1. The van der Waals surface area contributed by atoms with Gasteiger partial charge >= 0.3 is 5.97 Å². The number of ether oxygens (including phenoxy) is 2. The number of carboxylic acids is 1. The number of aromatic nitrogens is 2. The number of carbonyl (C=O) groups excluding carboxylic acids is 1. The van der Waals surface area contributed by atoms with Crippen molar-refractivity contribution in [2.24, 2.45) is 4.99 Å². The Balaban J connectivity index is 1.88. The maximum Gasteiger partial charge on any atom is 0.344 e. The van der Waals surface area contributed by atoms with Crippen molar-refractivity contribution in [1.29, 1.82) is 0 Å². The van der Waals surface area contributed by atoms with Crippen LogP contribution < -0.4 is 9.47 Å². The summed E-state index contributed by atoms with van der Waals surface area (Å²) in [6, 6.07) is 5.15. The lowest BCUT2D eigenvalue weighted by Gasteiger charge is -2.17. The molecule has 1 aromatic heterocycles. The molecule has 3 rings (SSSR count). The molecular weight excluding hydrogens is 464 g/mol. The molecule has 2 aromatic rings. The van der Waals surface area contributed by atoms with Crippen molar-refractivity contribution >= 4 is 51.4 Å². The Morgan fingerprint density at radius 1 is 1.24 bits per heavy atom. The zero-order chi connectivity index (χ0) is 24.0. The third-order valence-electron chi connectivity index (χ3n) is 4.64. The number of aryl methyl sites for hydroxylation is 1. The topological polar surface area (TPSA) is 114 Å². The van der Waals surface area contributed by atoms with Crippen molar-refractivity contribution < 1.29 is 24.2 Å². The van der Waals surface area contributed by atoms with Gasteiger partial charge in [0.05, 0.1) is 11.5 Å². The molecule has 1 aliphatic heterocycles. The first kappa shape index (κ1) is 24.7. The molecule has 0 radical (unpaired) electrons. The summed E-state index contributed by atoms with van der Waals surface area (Å²) in [5, 5.41) is 19.4. The second-order valence-corrected chi connectivity index (χ2v) is 8.93. The molecule has 0 spiro atoms. The van der Waals surface area contributed by atoms with Crippen LogP contribution in [0.1, 0.15) is 44.7 Å². The van der Waals surface area contributed by atoms with E-state index in [1.54, 1.807) is 36.1 Å². The van der Waals surface area contributed by atoms with Gasteiger partial charge in [-0.1, -0.05) is 31.3 Å². The second kappa shape index (κ2) is 11.3. The fourth-order valence-corrected chi connectivity index (χ4v) is 4.73. The minimum Gasteiger partial charge on any atom is -0.490 e. The molecule has 1 fully saturated rings. The number of amidine groups is 1. The lowest BCUT2D eigenvalue weighted by Crippen LogP contribution is -2.28. The molecule has 9 nitrogen and oxygen atoms in total. The summed E-state index contributed by atoms with van der Waals surface area (Å²) in [6.07, 6.45) is 1.90. The summed E-state index contributed by atoms with van der Waals surface area (Å²) in [6.45, 7) is 8.33. The molecule has 0 bridgehead atoms. The standard InChI is InChI=1S/C22H26N4O5S2/c1-5-14(20(28)29)31-15-10-9-13(11-16(15)30-8-4)12-17-19(27)26(7-3)22(32-17)23-21-25-24-18(6-2)33-21/h9-12,14H,5-8H2,1-4H3,(H,28,29)/b17-12+,23-22+. The Morgan fingerprint density at radius 2 is 2.03 bits per heavy atom. The van der Waals surface area contributed by atoms with E-state index in [2.05, 4.69) is 15.2 Å². The summed E-state index contributed by atoms with van der Waals surface area (Å²) in [7, 11) is 0. The second-order valence-electron chi connectivity index (χ2n) is 6.88. The predicted molar refractivity (Wildman–Crippen MR) is 129 cm³/mol. The van der Waals surface area contributed by atoms with Crippen molar-refractivity contribution in [2.75, 3.05) is 13.2 Å². The fourth-order valence-electron chi connectivity index (χ4n) is 2.98. The molecular formula is C22H26N4O5S2. The summed E-state index contributed by atoms with van der Waals surface area (Å²) >= 11 is 2.68. The number of thioether (sulfide) groups is 1. The lowest BCUT2D eigenvalue weighted by molar-refractivity contribution is -0.145. The molecule has 0 saturated carbocycles. The monoisotopic (exact) mass is 490 g/mol. The van der Waals surface area contributed by atoms with Gasteiger partial charge in [-0.05, 0) is 62.2 Å². The molecule has 1 amide bonds. The smallest absolute Gasteiger partial charge is 0.344 e. The van der Waals surface area contributed by atoms with Crippen LogP contribution in [-0.2, 0) is 16.0 Å². The molecule has 176 valence electrons. The van der Waals surface area contributed by atoms with E-state index in [1.165, 1.54) is 23.1 Å². The number of likely N-dealkylation sites (N-methyl/N-ethyl adjacent to an activating group) is 1. The average molecular weight is 491 g/mol. The Morgan fingerprint density at radius 3 is 2.64 bits per heavy atom. The van der Waals surface area contributed by atoms with Gasteiger partial charge in [0.1, 0.15) is 5.01 Å². The summed E-state index contributed by atoms with van der Waals surface area (Å²) in [5.74, 6) is -0.410. The molecule has 1 unspecified atom stereocenters. The maximum atomic E-state index is 12.9. The maximum absolute atomic E-state index is 12.9. The SMILES string of the molecule is CCOc1cc(/C=C2/S/C(=N/c3nnc(CC)s3)N(CC)C2=O)ccc1OC(CC)C(=O)O. The number of carboxylic acid groups (broad SMARTS) is 1. The zero-order valence-electron chi connectivity index (χ0n) is 18.9. The van der Waals surface area contributed by atoms with Crippen molar-refractivity contribution in [2.45, 2.75) is 46.6 Å². The number of amides is 1. The Labute approximate surface area is 200 Å². The highest BCUT2D eigenvalue weighted by Crippen LogP contribution is 2.36. The van der Waals surface area contributed by atoms with Crippen LogP contribution in [0.25, 0.3) is 6.08 Å². The number of aliphatic imine (C=N–C) groups is 1. The molecule has 2 heterocycles. The van der Waals surface area contributed by atoms with Gasteiger partial charge in [-0.3, -0.25) is 9.69 Å². The first-order valence-corrected chi connectivity index (χ1v) is 12.3. The summed E-state index contributed by atoms with van der Waals surface area (Å²) in [4.78, 5) is 30.9. The van der Waals surface area contributed by atoms with Crippen LogP contribution in [0.15, 0.2) is 28.1 Å². The van der Waals surface area contributed by atoms with Crippen molar-refractivity contribution in [3.8, 4) is 11.5 Å². The number of rotatable bonds is 10. The number of aliphatic carboxylic acids is 1. The minimum atomic E-state index is -1.04. The first-order valence-electron chi connectivity index (χ1n) is 10.7. The number of benzene rings is 1. The van der Waals surface area contributed by atoms with Crippen LogP contribution >= 0.6 is 23.1 Å². The van der Waals surface area contributed by atoms with Gasteiger partial charge in [0.25, 0.3) is 5.91 Å². The van der Waals surface area contributed by atoms with E-state index in [-0.39, 0.29) is 5.91 Å². The van der Waals surface area contributed by atoms with E-state index in [0.717, 1.165) is 17.0 Å². The van der Waals surface area contributed by atoms with Gasteiger partial charge in [-0.15, -0.1) is 10.2 Å². The fraction of sp³-hybridized carbons (Fsp3) is 0.409. The van der Waals surface area contributed by atoms with E-state index < -0.39 is 12.1 Å². The van der Waals surface area contributed by atoms with Crippen LogP contribution in [-0.4, -0.2) is 56.5 Å². The van der Waals surface area contributed by atoms with Crippen LogP contribution in [0.2, 0.25) is 0 Å². The molecule has 0 aliphatic carbocycles. The molecule has 1 aromatic carbocycles. The summed E-state index contributed by atoms with van der Waals surface area (Å²) < 4.78 is 11.3. The third-order valence-corrected chi connectivity index (χ3v) is 6.60. The van der Waals surface area contributed by atoms with Crippen LogP contribution in [0.3, 0.4) is 0 Å². The zero-order valence-corrected chi connectivity index (χ0v) is 20.5. The Hall–Kier alpha value is -2.92.